The summed E-state index contributed by atoms with van der Waals surface area (Å²) in [7, 11) is 0. The highest BCUT2D eigenvalue weighted by Crippen LogP contribution is 2.21. The summed E-state index contributed by atoms with van der Waals surface area (Å²) in [5.74, 6) is 1.64. The van der Waals surface area contributed by atoms with Crippen LogP contribution in [0.1, 0.15) is 30.7 Å². The van der Waals surface area contributed by atoms with E-state index in [2.05, 4.69) is 4.98 Å². The molecule has 2 aromatic rings. The van der Waals surface area contributed by atoms with E-state index in [0.717, 1.165) is 29.0 Å². The average molecular weight is 340 g/mol. The molecular formula is C20H24N2O3. The van der Waals surface area contributed by atoms with Gasteiger partial charge in [0.2, 0.25) is 11.8 Å². The Labute approximate surface area is 148 Å². The molecule has 0 saturated heterocycles. The molecule has 0 bridgehead atoms. The molecule has 1 aliphatic heterocycles. The van der Waals surface area contributed by atoms with E-state index in [1.165, 1.54) is 0 Å². The van der Waals surface area contributed by atoms with Crippen molar-refractivity contribution < 1.29 is 14.3 Å². The van der Waals surface area contributed by atoms with Gasteiger partial charge in [-0.1, -0.05) is 18.2 Å². The number of fused-ring (bicyclic) bond motifs is 1. The first-order chi connectivity index (χ1) is 12.2. The molecule has 1 amide bonds. The number of carbonyl (C=O) groups excluding carboxylic acids is 1. The van der Waals surface area contributed by atoms with Crippen LogP contribution in [0.2, 0.25) is 0 Å². The van der Waals surface area contributed by atoms with Gasteiger partial charge in [-0.3, -0.25) is 4.79 Å². The molecule has 1 aromatic heterocycles. The van der Waals surface area contributed by atoms with Gasteiger partial charge in [-0.2, -0.15) is 0 Å². The molecule has 3 rings (SSSR count). The predicted molar refractivity (Wildman–Crippen MR) is 95.8 cm³/mol. The molecule has 25 heavy (non-hydrogen) atoms. The first-order valence-electron chi connectivity index (χ1n) is 8.80. The molecule has 0 fully saturated rings. The van der Waals surface area contributed by atoms with Crippen LogP contribution in [0.4, 0.5) is 0 Å². The molecule has 5 nitrogen and oxygen atoms in total. The molecule has 0 unspecified atom stereocenters. The number of carbonyl (C=O) groups is 1. The maximum absolute atomic E-state index is 12.6. The number of nitrogens with zero attached hydrogens (tertiary/aromatic N) is 2. The molecule has 0 saturated carbocycles. The second kappa shape index (κ2) is 8.01. The average Bonchev–Trinajstić information content (AvgIpc) is 2.63. The summed E-state index contributed by atoms with van der Waals surface area (Å²) in [6, 6.07) is 11.6. The Morgan fingerprint density at radius 3 is 2.56 bits per heavy atom. The first kappa shape index (κ1) is 17.3. The first-order valence-corrected chi connectivity index (χ1v) is 8.80. The largest absolute Gasteiger partial charge is 0.494 e. The van der Waals surface area contributed by atoms with E-state index in [1.807, 2.05) is 55.1 Å². The van der Waals surface area contributed by atoms with Gasteiger partial charge in [-0.15, -0.1) is 0 Å². The Morgan fingerprint density at radius 2 is 1.84 bits per heavy atom. The van der Waals surface area contributed by atoms with Gasteiger partial charge >= 0.3 is 0 Å². The fraction of sp³-hybridized carbons (Fsp3) is 0.400. The second-order valence-electron chi connectivity index (χ2n) is 6.01. The Bertz CT molecular complexity index is 728. The summed E-state index contributed by atoms with van der Waals surface area (Å²) in [5, 5.41) is 0. The quantitative estimate of drug-likeness (QED) is 0.811. The highest BCUT2D eigenvalue weighted by atomic mass is 16.5. The smallest absolute Gasteiger partial charge is 0.227 e. The van der Waals surface area contributed by atoms with Crippen LogP contribution in [0, 0.1) is 0 Å². The van der Waals surface area contributed by atoms with Crippen LogP contribution < -0.4 is 9.47 Å². The monoisotopic (exact) mass is 340 g/mol. The van der Waals surface area contributed by atoms with Crippen molar-refractivity contribution in [2.75, 3.05) is 19.8 Å². The Morgan fingerprint density at radius 1 is 1.08 bits per heavy atom. The molecular weight excluding hydrogens is 316 g/mol. The van der Waals surface area contributed by atoms with Gasteiger partial charge < -0.3 is 14.4 Å². The second-order valence-corrected chi connectivity index (χ2v) is 6.01. The Kier molecular flexibility index (Phi) is 5.53. The fourth-order valence-corrected chi connectivity index (χ4v) is 2.99. The lowest BCUT2D eigenvalue weighted by atomic mass is 10.0. The van der Waals surface area contributed by atoms with Crippen LogP contribution >= 0.6 is 0 Å². The highest BCUT2D eigenvalue weighted by Gasteiger charge is 2.22. The van der Waals surface area contributed by atoms with Gasteiger partial charge in [0.25, 0.3) is 0 Å². The van der Waals surface area contributed by atoms with Crippen LogP contribution in [-0.4, -0.2) is 35.5 Å². The summed E-state index contributed by atoms with van der Waals surface area (Å²) in [6.45, 7) is 6.47. The summed E-state index contributed by atoms with van der Waals surface area (Å²) < 4.78 is 10.9. The summed E-state index contributed by atoms with van der Waals surface area (Å²) in [4.78, 5) is 19.0. The molecule has 0 radical (unpaired) electrons. The van der Waals surface area contributed by atoms with Gasteiger partial charge in [-0.25, -0.2) is 4.98 Å². The van der Waals surface area contributed by atoms with Crippen LogP contribution in [0.3, 0.4) is 0 Å². The van der Waals surface area contributed by atoms with Crippen molar-refractivity contribution in [2.24, 2.45) is 0 Å². The number of amides is 1. The van der Waals surface area contributed by atoms with E-state index in [9.17, 15) is 4.79 Å². The molecule has 2 heterocycles. The zero-order valence-corrected chi connectivity index (χ0v) is 14.8. The van der Waals surface area contributed by atoms with Crippen molar-refractivity contribution in [1.82, 2.24) is 9.88 Å². The van der Waals surface area contributed by atoms with Crippen molar-refractivity contribution in [3.8, 4) is 11.6 Å². The molecule has 0 aliphatic carbocycles. The van der Waals surface area contributed by atoms with E-state index in [4.69, 9.17) is 9.47 Å². The number of ether oxygens (including phenoxy) is 2. The molecule has 0 atom stereocenters. The number of benzene rings is 1. The molecule has 0 spiro atoms. The minimum absolute atomic E-state index is 0.142. The lowest BCUT2D eigenvalue weighted by Crippen LogP contribution is -2.37. The topological polar surface area (TPSA) is 51.7 Å². The normalized spacial score (nSPS) is 13.3. The highest BCUT2D eigenvalue weighted by molar-refractivity contribution is 5.79. The maximum Gasteiger partial charge on any atom is 0.227 e. The van der Waals surface area contributed by atoms with E-state index in [0.29, 0.717) is 38.6 Å². The standard InChI is InChI=1S/C20H24N2O3/c1-3-24-17-8-5-15(6-9-17)13-20(23)22-12-11-18-16(14-22)7-10-19(21-18)25-4-2/h5-10H,3-4,11-14H2,1-2H3. The number of rotatable bonds is 6. The van der Waals surface area contributed by atoms with Crippen LogP contribution in [-0.2, 0) is 24.2 Å². The van der Waals surface area contributed by atoms with Crippen LogP contribution in [0.5, 0.6) is 11.6 Å². The third-order valence-electron chi connectivity index (χ3n) is 4.26. The minimum atomic E-state index is 0.142. The van der Waals surface area contributed by atoms with Gasteiger partial charge in [0.15, 0.2) is 0 Å². The van der Waals surface area contributed by atoms with E-state index < -0.39 is 0 Å². The maximum atomic E-state index is 12.6. The summed E-state index contributed by atoms with van der Waals surface area (Å²) >= 11 is 0. The van der Waals surface area contributed by atoms with E-state index in [-0.39, 0.29) is 5.91 Å². The minimum Gasteiger partial charge on any atom is -0.494 e. The summed E-state index contributed by atoms with van der Waals surface area (Å²) in [5.41, 5.74) is 3.15. The van der Waals surface area contributed by atoms with Crippen molar-refractivity contribution in [1.29, 1.82) is 0 Å². The third kappa shape index (κ3) is 4.29. The fourth-order valence-electron chi connectivity index (χ4n) is 2.99. The summed E-state index contributed by atoms with van der Waals surface area (Å²) in [6.07, 6.45) is 1.18. The van der Waals surface area contributed by atoms with Gasteiger partial charge in [0.1, 0.15) is 5.75 Å². The Balaban J connectivity index is 1.62. The molecule has 5 heteroatoms. The van der Waals surface area contributed by atoms with E-state index in [1.54, 1.807) is 0 Å². The molecule has 132 valence electrons. The zero-order chi connectivity index (χ0) is 17.6. The molecule has 0 N–H and O–H groups in total. The molecule has 1 aromatic carbocycles. The zero-order valence-electron chi connectivity index (χ0n) is 14.8. The van der Waals surface area contributed by atoms with Crippen molar-refractivity contribution in [3.05, 3.63) is 53.2 Å². The van der Waals surface area contributed by atoms with Gasteiger partial charge in [0.05, 0.1) is 25.3 Å². The lowest BCUT2D eigenvalue weighted by Gasteiger charge is -2.28. The number of hydrogen-bond donors (Lipinski definition) is 0. The van der Waals surface area contributed by atoms with Gasteiger partial charge in [0, 0.05) is 25.6 Å². The van der Waals surface area contributed by atoms with Crippen LogP contribution in [0.25, 0.3) is 0 Å². The van der Waals surface area contributed by atoms with Crippen LogP contribution in [0.15, 0.2) is 36.4 Å². The number of hydrogen-bond acceptors (Lipinski definition) is 4. The number of aromatic nitrogens is 1. The Hall–Kier alpha value is -2.56. The van der Waals surface area contributed by atoms with Crippen molar-refractivity contribution >= 4 is 5.91 Å². The predicted octanol–water partition coefficient (Wildman–Crippen LogP) is 3.01. The van der Waals surface area contributed by atoms with Crippen molar-refractivity contribution in [2.45, 2.75) is 33.2 Å². The third-order valence-corrected chi connectivity index (χ3v) is 4.26. The SMILES string of the molecule is CCOc1ccc(CC(=O)N2CCc3nc(OCC)ccc3C2)cc1. The van der Waals surface area contributed by atoms with Crippen molar-refractivity contribution in [3.63, 3.8) is 0 Å². The lowest BCUT2D eigenvalue weighted by molar-refractivity contribution is -0.131. The van der Waals surface area contributed by atoms with Gasteiger partial charge in [-0.05, 0) is 37.1 Å². The molecule has 1 aliphatic rings. The van der Waals surface area contributed by atoms with E-state index >= 15 is 0 Å². The number of pyridine rings is 1.